The van der Waals surface area contributed by atoms with E-state index >= 15 is 0 Å². The van der Waals surface area contributed by atoms with Gasteiger partial charge in [-0.25, -0.2) is 0 Å². The summed E-state index contributed by atoms with van der Waals surface area (Å²) < 4.78 is 6.80. The van der Waals surface area contributed by atoms with Gasteiger partial charge in [0.05, 0.1) is 29.5 Å². The van der Waals surface area contributed by atoms with Crippen LogP contribution in [0.3, 0.4) is 0 Å². The van der Waals surface area contributed by atoms with Gasteiger partial charge in [0.15, 0.2) is 0 Å². The molecular formula is C19H25N3O4. The third-order valence-corrected chi connectivity index (χ3v) is 7.99. The van der Waals surface area contributed by atoms with E-state index in [4.69, 9.17) is 10.3 Å². The molecule has 0 unspecified atom stereocenters. The van der Waals surface area contributed by atoms with Crippen molar-refractivity contribution in [1.29, 1.82) is 0 Å². The van der Waals surface area contributed by atoms with Crippen molar-refractivity contribution in [2.75, 3.05) is 0 Å². The number of fused-ring (bicyclic) bond motifs is 1. The lowest BCUT2D eigenvalue weighted by Gasteiger charge is -2.54. The van der Waals surface area contributed by atoms with Crippen molar-refractivity contribution >= 4 is 0 Å². The Morgan fingerprint density at radius 2 is 2.08 bits per heavy atom. The van der Waals surface area contributed by atoms with E-state index < -0.39 is 29.5 Å². The minimum atomic E-state index is -1.11. The smallest absolute Gasteiger partial charge is 0.104 e. The van der Waals surface area contributed by atoms with Gasteiger partial charge in [0.25, 0.3) is 0 Å². The molecule has 5 rings (SSSR count). The lowest BCUT2D eigenvalue weighted by molar-refractivity contribution is -0.160. The molecule has 7 nitrogen and oxygen atoms in total. The van der Waals surface area contributed by atoms with Gasteiger partial charge >= 0.3 is 0 Å². The summed E-state index contributed by atoms with van der Waals surface area (Å²) in [4.78, 5) is 2.85. The van der Waals surface area contributed by atoms with Gasteiger partial charge in [-0.2, -0.15) is 0 Å². The number of allylic oxidation sites excluding steroid dienone is 1. The highest BCUT2D eigenvalue weighted by atomic mass is 16.5. The first-order valence-corrected chi connectivity index (χ1v) is 9.58. The summed E-state index contributed by atoms with van der Waals surface area (Å²) in [7, 11) is 0. The number of aliphatic hydroxyl groups is 3. The second-order valence-corrected chi connectivity index (χ2v) is 9.01. The Kier molecular flexibility index (Phi) is 3.30. The number of hydrogen-bond acceptors (Lipinski definition) is 5. The largest absolute Gasteiger partial charge is 0.393 e. The first kappa shape index (κ1) is 16.8. The van der Waals surface area contributed by atoms with Crippen LogP contribution < -0.4 is 0 Å². The van der Waals surface area contributed by atoms with Gasteiger partial charge in [0, 0.05) is 16.2 Å². The average molecular weight is 359 g/mol. The highest BCUT2D eigenvalue weighted by molar-refractivity contribution is 5.49. The lowest BCUT2D eigenvalue weighted by atomic mass is 9.60. The summed E-state index contributed by atoms with van der Waals surface area (Å²) in [6.45, 7) is 2.16. The Labute approximate surface area is 152 Å². The zero-order chi connectivity index (χ0) is 18.3. The molecular weight excluding hydrogens is 334 g/mol. The van der Waals surface area contributed by atoms with Crippen LogP contribution in [0.5, 0.6) is 0 Å². The van der Waals surface area contributed by atoms with Crippen molar-refractivity contribution in [3.05, 3.63) is 33.7 Å². The van der Waals surface area contributed by atoms with Gasteiger partial charge in [0.1, 0.15) is 6.10 Å². The van der Waals surface area contributed by atoms with E-state index in [0.29, 0.717) is 6.42 Å². The summed E-state index contributed by atoms with van der Waals surface area (Å²) in [6, 6.07) is -0.697. The Balaban J connectivity index is 1.63. The van der Waals surface area contributed by atoms with E-state index in [2.05, 4.69) is 23.0 Å². The van der Waals surface area contributed by atoms with E-state index in [-0.39, 0.29) is 17.4 Å². The lowest BCUT2D eigenvalue weighted by Crippen LogP contribution is -2.59. The van der Waals surface area contributed by atoms with Crippen molar-refractivity contribution in [3.8, 4) is 0 Å². The van der Waals surface area contributed by atoms with Crippen molar-refractivity contribution in [3.63, 3.8) is 0 Å². The van der Waals surface area contributed by atoms with Crippen LogP contribution in [0.2, 0.25) is 0 Å². The maximum Gasteiger partial charge on any atom is 0.104 e. The molecule has 0 aromatic carbocycles. The fraction of sp³-hybridized carbons (Fsp3) is 0.789. The van der Waals surface area contributed by atoms with Gasteiger partial charge in [-0.05, 0) is 55.2 Å². The molecule has 3 fully saturated rings. The Hall–Kier alpha value is -1.37. The molecule has 140 valence electrons. The van der Waals surface area contributed by atoms with Crippen LogP contribution >= 0.6 is 0 Å². The number of aliphatic hydroxyl groups excluding tert-OH is 3. The van der Waals surface area contributed by atoms with Gasteiger partial charge in [-0.3, -0.25) is 0 Å². The fourth-order valence-electron chi connectivity index (χ4n) is 6.58. The zero-order valence-electron chi connectivity index (χ0n) is 14.9. The van der Waals surface area contributed by atoms with Crippen molar-refractivity contribution in [1.82, 2.24) is 0 Å². The van der Waals surface area contributed by atoms with E-state index in [9.17, 15) is 15.3 Å². The van der Waals surface area contributed by atoms with E-state index in [1.54, 1.807) is 0 Å². The molecule has 2 saturated carbocycles. The molecule has 2 bridgehead atoms. The van der Waals surface area contributed by atoms with Crippen LogP contribution in [0.25, 0.3) is 10.4 Å². The molecule has 3 N–H and O–H groups in total. The third-order valence-electron chi connectivity index (χ3n) is 7.99. The number of nitrogens with zero attached hydrogens (tertiary/aromatic N) is 3. The topological polar surface area (TPSA) is 119 Å². The Morgan fingerprint density at radius 1 is 1.27 bits per heavy atom. The van der Waals surface area contributed by atoms with Crippen LogP contribution in [0.4, 0.5) is 0 Å². The minimum Gasteiger partial charge on any atom is -0.393 e. The van der Waals surface area contributed by atoms with Crippen LogP contribution in [-0.2, 0) is 4.74 Å². The van der Waals surface area contributed by atoms with E-state index in [1.165, 1.54) is 0 Å². The molecule has 7 heteroatoms. The third kappa shape index (κ3) is 1.80. The quantitative estimate of drug-likeness (QED) is 0.377. The number of azide groups is 1. The summed E-state index contributed by atoms with van der Waals surface area (Å²) >= 11 is 0. The molecule has 2 spiro atoms. The number of hydrogen-bond donors (Lipinski definition) is 3. The number of ether oxygens (including phenoxy) is 1. The molecule has 1 saturated heterocycles. The van der Waals surface area contributed by atoms with Crippen molar-refractivity contribution < 1.29 is 20.1 Å². The summed E-state index contributed by atoms with van der Waals surface area (Å²) in [5.74, 6) is 0.240. The predicted octanol–water partition coefficient (Wildman–Crippen LogP) is 2.13. The SMILES string of the molecule is C[C@]12CC=C3C=C4[C@@H](O)[C@H](O)[C@@H](N=[N+]=[N-])C[C@]45CC[C@]3(O5)[C@@H]1CC[C@@H]2O. The molecule has 0 radical (unpaired) electrons. The van der Waals surface area contributed by atoms with Crippen LogP contribution in [0, 0.1) is 11.3 Å². The summed E-state index contributed by atoms with van der Waals surface area (Å²) in [5.41, 5.74) is 9.34. The molecule has 2 aliphatic heterocycles. The fourth-order valence-corrected chi connectivity index (χ4v) is 6.58. The highest BCUT2D eigenvalue weighted by Crippen LogP contribution is 2.66. The molecule has 2 heterocycles. The van der Waals surface area contributed by atoms with Crippen LogP contribution in [-0.4, -0.2) is 50.9 Å². The van der Waals surface area contributed by atoms with Gasteiger partial charge in [-0.15, -0.1) is 0 Å². The second-order valence-electron chi connectivity index (χ2n) is 9.01. The highest BCUT2D eigenvalue weighted by Gasteiger charge is 2.68. The van der Waals surface area contributed by atoms with Gasteiger partial charge in [-0.1, -0.05) is 24.2 Å². The Bertz CT molecular complexity index is 775. The van der Waals surface area contributed by atoms with E-state index in [1.807, 2.05) is 6.08 Å². The monoisotopic (exact) mass is 359 g/mol. The molecule has 0 aromatic heterocycles. The maximum absolute atomic E-state index is 10.7. The summed E-state index contributed by atoms with van der Waals surface area (Å²) in [5, 5.41) is 35.4. The minimum absolute atomic E-state index is 0.183. The summed E-state index contributed by atoms with van der Waals surface area (Å²) in [6.07, 6.45) is 6.16. The standard InChI is InChI=1S/C19H25N3O4/c1-17-5-4-10-8-11-15(24)16(25)12(21-22-20)9-18(11)6-7-19(10,26-18)13(17)2-3-14(17)23/h4,8,12-16,23-25H,2-3,5-7,9H2,1H3/t12-,13+,14-,15+,16+,17-,18+,19+/m0/s1. The first-order chi connectivity index (χ1) is 12.4. The maximum atomic E-state index is 10.7. The molecule has 0 aromatic rings. The van der Waals surface area contributed by atoms with Crippen molar-refractivity contribution in [2.45, 2.75) is 81.0 Å². The molecule has 26 heavy (non-hydrogen) atoms. The normalized spacial score (nSPS) is 54.4. The molecule has 5 aliphatic rings. The van der Waals surface area contributed by atoms with Crippen LogP contribution in [0.1, 0.15) is 45.4 Å². The molecule has 8 atom stereocenters. The first-order valence-electron chi connectivity index (χ1n) is 9.58. The average Bonchev–Trinajstić information content (AvgIpc) is 3.09. The Morgan fingerprint density at radius 3 is 2.85 bits per heavy atom. The zero-order valence-corrected chi connectivity index (χ0v) is 14.9. The van der Waals surface area contributed by atoms with Crippen LogP contribution in [0.15, 0.2) is 28.4 Å². The van der Waals surface area contributed by atoms with Gasteiger partial charge in [0.2, 0.25) is 0 Å². The molecule has 0 amide bonds. The van der Waals surface area contributed by atoms with Crippen molar-refractivity contribution in [2.24, 2.45) is 16.4 Å². The van der Waals surface area contributed by atoms with Gasteiger partial charge < -0.3 is 20.1 Å². The van der Waals surface area contributed by atoms with E-state index in [0.717, 1.165) is 43.3 Å². The number of rotatable bonds is 1. The second kappa shape index (κ2) is 5.12. The predicted molar refractivity (Wildman–Crippen MR) is 93.0 cm³/mol. The molecule has 3 aliphatic carbocycles.